The van der Waals surface area contributed by atoms with Gasteiger partial charge in [-0.1, -0.05) is 66.2 Å². The number of likely N-dealkylation sites (tertiary alicyclic amines) is 1. The van der Waals surface area contributed by atoms with Crippen LogP contribution in [0, 0.1) is 0 Å². The molecule has 1 aromatic heterocycles. The van der Waals surface area contributed by atoms with E-state index in [-0.39, 0.29) is 31.3 Å². The van der Waals surface area contributed by atoms with Crippen molar-refractivity contribution in [3.8, 4) is 0 Å². The maximum absolute atomic E-state index is 13.9. The van der Waals surface area contributed by atoms with Crippen LogP contribution >= 0.6 is 0 Å². The zero-order chi connectivity index (χ0) is 41.5. The Bertz CT molecular complexity index is 1570. The van der Waals surface area contributed by atoms with Gasteiger partial charge in [-0.2, -0.15) is 22.8 Å². The molecule has 320 valence electrons. The SMILES string of the molecule is CCCCN(OS(=O)(=O)ON1C(=O)N2C[C@@H]1CC[C@H]2c1nnc([C@@H]2C[C@H](NC(=O)OC(C)(C)C)CN2C(=O)OC(C)(C)C)o1)C(CCC)(CCCC)CCCC. The minimum Gasteiger partial charge on any atom is -0.444 e. The molecule has 2 bridgehead atoms. The van der Waals surface area contributed by atoms with E-state index in [0.717, 1.165) is 69.3 Å². The van der Waals surface area contributed by atoms with E-state index in [1.54, 1.807) is 46.6 Å². The Hall–Kier alpha value is -3.22. The van der Waals surface area contributed by atoms with Gasteiger partial charge < -0.3 is 24.1 Å². The molecule has 1 N–H and O–H groups in total. The van der Waals surface area contributed by atoms with Crippen LogP contribution in [-0.2, 0) is 28.4 Å². The van der Waals surface area contributed by atoms with Gasteiger partial charge in [-0.25, -0.2) is 14.4 Å². The second-order valence-electron chi connectivity index (χ2n) is 17.4. The third-order valence-corrected chi connectivity index (χ3v) is 11.0. The van der Waals surface area contributed by atoms with E-state index in [1.165, 1.54) is 9.80 Å². The van der Waals surface area contributed by atoms with Gasteiger partial charge in [-0.15, -0.1) is 14.5 Å². The van der Waals surface area contributed by atoms with Crippen LogP contribution in [-0.4, -0.2) is 105 Å². The third kappa shape index (κ3) is 11.9. The first-order valence-electron chi connectivity index (χ1n) is 20.6. The lowest BCUT2D eigenvalue weighted by atomic mass is 9.82. The van der Waals surface area contributed by atoms with Crippen LogP contribution in [0.5, 0.6) is 0 Å². The summed E-state index contributed by atoms with van der Waals surface area (Å²) in [7, 11) is -4.69. The molecule has 0 aromatic carbocycles. The van der Waals surface area contributed by atoms with Crippen molar-refractivity contribution in [2.75, 3.05) is 19.6 Å². The summed E-state index contributed by atoms with van der Waals surface area (Å²) < 4.78 is 56.1. The highest BCUT2D eigenvalue weighted by Gasteiger charge is 2.51. The number of amides is 4. The quantitative estimate of drug-likeness (QED) is 0.134. The molecule has 4 atom stereocenters. The molecule has 4 amide bonds. The molecule has 3 fully saturated rings. The zero-order valence-corrected chi connectivity index (χ0v) is 36.1. The molecule has 3 aliphatic heterocycles. The Balaban J connectivity index is 1.51. The smallest absolute Gasteiger partial charge is 0.437 e. The molecular formula is C38H67N7O10S. The van der Waals surface area contributed by atoms with Crippen molar-refractivity contribution in [2.24, 2.45) is 0 Å². The molecular weight excluding hydrogens is 747 g/mol. The van der Waals surface area contributed by atoms with Gasteiger partial charge >= 0.3 is 28.6 Å². The van der Waals surface area contributed by atoms with Gasteiger partial charge in [-0.3, -0.25) is 4.90 Å². The van der Waals surface area contributed by atoms with Crippen LogP contribution < -0.4 is 5.32 Å². The normalized spacial score (nSPS) is 22.0. The number of nitrogens with zero attached hydrogens (tertiary/aromatic N) is 6. The van der Waals surface area contributed by atoms with E-state index >= 15 is 0 Å². The summed E-state index contributed by atoms with van der Waals surface area (Å²) in [6.07, 6.45) is 8.45. The summed E-state index contributed by atoms with van der Waals surface area (Å²) in [5.74, 6) is 0.258. The minimum absolute atomic E-state index is 0.113. The monoisotopic (exact) mass is 813 g/mol. The van der Waals surface area contributed by atoms with Gasteiger partial charge in [0.25, 0.3) is 0 Å². The average Bonchev–Trinajstić information content (AvgIpc) is 3.81. The van der Waals surface area contributed by atoms with E-state index in [9.17, 15) is 22.8 Å². The highest BCUT2D eigenvalue weighted by Crippen LogP contribution is 2.41. The van der Waals surface area contributed by atoms with Crippen LogP contribution in [0.1, 0.15) is 177 Å². The summed E-state index contributed by atoms with van der Waals surface area (Å²) in [4.78, 5) is 42.7. The lowest BCUT2D eigenvalue weighted by Crippen LogP contribution is -2.51. The molecule has 0 radical (unpaired) electrons. The Morgan fingerprint density at radius 1 is 0.839 bits per heavy atom. The molecule has 3 saturated heterocycles. The van der Waals surface area contributed by atoms with Crippen LogP contribution in [0.2, 0.25) is 0 Å². The second-order valence-corrected chi connectivity index (χ2v) is 18.5. The highest BCUT2D eigenvalue weighted by molar-refractivity contribution is 7.81. The Morgan fingerprint density at radius 3 is 2.02 bits per heavy atom. The fourth-order valence-electron chi connectivity index (χ4n) is 7.78. The first-order chi connectivity index (χ1) is 26.2. The van der Waals surface area contributed by atoms with Crippen molar-refractivity contribution in [3.05, 3.63) is 11.8 Å². The van der Waals surface area contributed by atoms with Crippen molar-refractivity contribution in [3.63, 3.8) is 0 Å². The molecule has 4 heterocycles. The van der Waals surface area contributed by atoms with Crippen LogP contribution in [0.3, 0.4) is 0 Å². The number of ether oxygens (including phenoxy) is 2. The number of carbonyl (C=O) groups excluding carboxylic acids is 3. The van der Waals surface area contributed by atoms with Gasteiger partial charge in [0, 0.05) is 25.2 Å². The standard InChI is InChI=1S/C38H67N7O10S/c1-11-15-21-38(20-14-4,22-16-12-2)44(23-17-13-3)54-56(49,50)55-45-28-18-19-29(42(26-28)34(45)47)31-40-41-32(51-31)30-24-27(39-33(46)52-36(5,6)7)25-43(30)35(48)53-37(8,9)10/h27-30H,11-26H2,1-10H3,(H,39,46)/t27-,28-,29-,30-/m0/s1. The van der Waals surface area contributed by atoms with Crippen molar-refractivity contribution in [1.29, 1.82) is 0 Å². The molecule has 56 heavy (non-hydrogen) atoms. The molecule has 3 aliphatic rings. The molecule has 17 nitrogen and oxygen atoms in total. The first kappa shape index (κ1) is 45.5. The number of fused-ring (bicyclic) bond motifs is 2. The van der Waals surface area contributed by atoms with Crippen LogP contribution in [0.15, 0.2) is 4.42 Å². The minimum atomic E-state index is -4.69. The van der Waals surface area contributed by atoms with Crippen LogP contribution in [0.25, 0.3) is 0 Å². The summed E-state index contributed by atoms with van der Waals surface area (Å²) in [5, 5.41) is 13.9. The lowest BCUT2D eigenvalue weighted by Gasteiger charge is -2.43. The summed E-state index contributed by atoms with van der Waals surface area (Å²) in [6, 6.07) is -3.08. The van der Waals surface area contributed by atoms with E-state index in [2.05, 4.69) is 43.2 Å². The van der Waals surface area contributed by atoms with Gasteiger partial charge in [0.05, 0.1) is 12.1 Å². The Labute approximate surface area is 333 Å². The third-order valence-electron chi connectivity index (χ3n) is 10.3. The predicted molar refractivity (Wildman–Crippen MR) is 207 cm³/mol. The van der Waals surface area contributed by atoms with E-state index < -0.39 is 69.5 Å². The number of nitrogens with one attached hydrogen (secondary N) is 1. The maximum Gasteiger partial charge on any atom is 0.437 e. The Kier molecular flexibility index (Phi) is 15.4. The molecule has 4 rings (SSSR count). The topological polar surface area (TPSA) is 186 Å². The summed E-state index contributed by atoms with van der Waals surface area (Å²) in [5.41, 5.74) is -1.97. The number of unbranched alkanes of at least 4 members (excludes halogenated alkanes) is 3. The number of urea groups is 1. The van der Waals surface area contributed by atoms with Crippen molar-refractivity contribution in [2.45, 2.75) is 194 Å². The average molecular weight is 814 g/mol. The number of hydrogen-bond donors (Lipinski definition) is 1. The number of rotatable bonds is 19. The molecule has 18 heteroatoms. The highest BCUT2D eigenvalue weighted by atomic mass is 32.3. The summed E-state index contributed by atoms with van der Waals surface area (Å²) >= 11 is 0. The van der Waals surface area contributed by atoms with Crippen LogP contribution in [0.4, 0.5) is 14.4 Å². The van der Waals surface area contributed by atoms with Gasteiger partial charge in [-0.05, 0) is 86.5 Å². The van der Waals surface area contributed by atoms with Crippen molar-refractivity contribution < 1.29 is 45.3 Å². The predicted octanol–water partition coefficient (Wildman–Crippen LogP) is 7.72. The summed E-state index contributed by atoms with van der Waals surface area (Å²) in [6.45, 7) is 19.7. The van der Waals surface area contributed by atoms with Gasteiger partial charge in [0.2, 0.25) is 11.8 Å². The largest absolute Gasteiger partial charge is 0.444 e. The molecule has 0 saturated carbocycles. The zero-order valence-electron chi connectivity index (χ0n) is 35.3. The number of hydrogen-bond acceptors (Lipinski definition) is 13. The van der Waals surface area contributed by atoms with E-state index in [4.69, 9.17) is 22.5 Å². The van der Waals surface area contributed by atoms with E-state index in [0.29, 0.717) is 19.4 Å². The fourth-order valence-corrected chi connectivity index (χ4v) is 8.64. The number of aromatic nitrogens is 2. The number of piperidine rings is 1. The number of alkyl carbamates (subject to hydrolysis) is 1. The van der Waals surface area contributed by atoms with Gasteiger partial charge in [0.1, 0.15) is 23.3 Å². The second kappa shape index (κ2) is 19.0. The number of hydroxylamine groups is 4. The lowest BCUT2D eigenvalue weighted by molar-refractivity contribution is -0.172. The molecule has 0 aliphatic carbocycles. The molecule has 0 spiro atoms. The maximum atomic E-state index is 13.9. The number of carbonyl (C=O) groups is 3. The van der Waals surface area contributed by atoms with E-state index in [1.807, 2.05) is 0 Å². The molecule has 0 unspecified atom stereocenters. The van der Waals surface area contributed by atoms with Crippen molar-refractivity contribution in [1.82, 2.24) is 35.4 Å². The van der Waals surface area contributed by atoms with Crippen molar-refractivity contribution >= 4 is 28.6 Å². The first-order valence-corrected chi connectivity index (χ1v) is 21.9. The molecule has 1 aromatic rings. The fraction of sp³-hybridized carbons (Fsp3) is 0.868. The van der Waals surface area contributed by atoms with Gasteiger partial charge in [0.15, 0.2) is 0 Å². The Morgan fingerprint density at radius 2 is 1.45 bits per heavy atom.